The standard InChI is InChI=1S/C13H16N2O/c1-15-9-8-13(14-15)12-6-4-11(5-7-12)3-2-10-16/h4-9,16H,2-3,10H2,1H3. The van der Waals surface area contributed by atoms with E-state index >= 15 is 0 Å². The maximum absolute atomic E-state index is 8.75. The van der Waals surface area contributed by atoms with Gasteiger partial charge in [-0.3, -0.25) is 4.68 Å². The summed E-state index contributed by atoms with van der Waals surface area (Å²) in [7, 11) is 1.92. The number of hydrogen-bond acceptors (Lipinski definition) is 2. The van der Waals surface area contributed by atoms with Gasteiger partial charge in [0.15, 0.2) is 0 Å². The van der Waals surface area contributed by atoms with Crippen LogP contribution in [0.4, 0.5) is 0 Å². The zero-order valence-electron chi connectivity index (χ0n) is 9.43. The predicted octanol–water partition coefficient (Wildman–Crippen LogP) is 2.01. The van der Waals surface area contributed by atoms with Crippen molar-refractivity contribution in [2.75, 3.05) is 6.61 Å². The molecular formula is C13H16N2O. The molecule has 0 spiro atoms. The monoisotopic (exact) mass is 216 g/mol. The van der Waals surface area contributed by atoms with Gasteiger partial charge in [-0.05, 0) is 24.5 Å². The van der Waals surface area contributed by atoms with E-state index in [1.807, 2.05) is 19.3 Å². The second-order valence-electron chi connectivity index (χ2n) is 3.90. The van der Waals surface area contributed by atoms with Gasteiger partial charge in [-0.1, -0.05) is 24.3 Å². The summed E-state index contributed by atoms with van der Waals surface area (Å²) in [6.45, 7) is 0.252. The van der Waals surface area contributed by atoms with Crippen LogP contribution in [0.3, 0.4) is 0 Å². The lowest BCUT2D eigenvalue weighted by Crippen LogP contribution is -1.90. The van der Waals surface area contributed by atoms with Gasteiger partial charge in [0.1, 0.15) is 0 Å². The predicted molar refractivity (Wildman–Crippen MR) is 64.1 cm³/mol. The average molecular weight is 216 g/mol. The molecule has 3 heteroatoms. The van der Waals surface area contributed by atoms with Crippen LogP contribution in [0.25, 0.3) is 11.3 Å². The Morgan fingerprint density at radius 1 is 1.19 bits per heavy atom. The third-order valence-corrected chi connectivity index (χ3v) is 2.59. The summed E-state index contributed by atoms with van der Waals surface area (Å²) in [5, 5.41) is 13.1. The lowest BCUT2D eigenvalue weighted by Gasteiger charge is -2.01. The molecule has 0 radical (unpaired) electrons. The van der Waals surface area contributed by atoms with Gasteiger partial charge in [-0.15, -0.1) is 0 Å². The third kappa shape index (κ3) is 2.49. The Labute approximate surface area is 95.3 Å². The minimum absolute atomic E-state index is 0.252. The SMILES string of the molecule is Cn1ccc(-c2ccc(CCCO)cc2)n1. The highest BCUT2D eigenvalue weighted by molar-refractivity contribution is 5.58. The molecule has 1 N–H and O–H groups in total. The van der Waals surface area contributed by atoms with Crippen LogP contribution in [-0.2, 0) is 13.5 Å². The molecule has 2 aromatic rings. The smallest absolute Gasteiger partial charge is 0.0923 e. The van der Waals surface area contributed by atoms with Crippen LogP contribution in [0, 0.1) is 0 Å². The van der Waals surface area contributed by atoms with E-state index < -0.39 is 0 Å². The largest absolute Gasteiger partial charge is 0.396 e. The van der Waals surface area contributed by atoms with Gasteiger partial charge in [0.2, 0.25) is 0 Å². The summed E-state index contributed by atoms with van der Waals surface area (Å²) < 4.78 is 1.80. The van der Waals surface area contributed by atoms with E-state index in [9.17, 15) is 0 Å². The molecule has 0 amide bonds. The van der Waals surface area contributed by atoms with E-state index in [0.717, 1.165) is 24.1 Å². The summed E-state index contributed by atoms with van der Waals surface area (Å²) in [4.78, 5) is 0. The maximum Gasteiger partial charge on any atom is 0.0923 e. The fraction of sp³-hybridized carbons (Fsp3) is 0.308. The Hall–Kier alpha value is -1.61. The molecule has 0 fully saturated rings. The first-order valence-corrected chi connectivity index (χ1v) is 5.49. The van der Waals surface area contributed by atoms with Crippen molar-refractivity contribution in [1.82, 2.24) is 9.78 Å². The Morgan fingerprint density at radius 2 is 1.94 bits per heavy atom. The lowest BCUT2D eigenvalue weighted by atomic mass is 10.1. The van der Waals surface area contributed by atoms with Crippen LogP contribution in [0.5, 0.6) is 0 Å². The zero-order chi connectivity index (χ0) is 11.4. The van der Waals surface area contributed by atoms with E-state index in [-0.39, 0.29) is 6.61 Å². The summed E-state index contributed by atoms with van der Waals surface area (Å²) in [6.07, 6.45) is 3.69. The van der Waals surface area contributed by atoms with Crippen LogP contribution in [0.15, 0.2) is 36.5 Å². The van der Waals surface area contributed by atoms with Gasteiger partial charge in [-0.25, -0.2) is 0 Å². The quantitative estimate of drug-likeness (QED) is 0.849. The lowest BCUT2D eigenvalue weighted by molar-refractivity contribution is 0.288. The van der Waals surface area contributed by atoms with E-state index in [0.29, 0.717) is 0 Å². The molecule has 0 aliphatic heterocycles. The second-order valence-corrected chi connectivity index (χ2v) is 3.90. The Kier molecular flexibility index (Phi) is 3.37. The summed E-state index contributed by atoms with van der Waals surface area (Å²) in [6, 6.07) is 10.4. The molecular weight excluding hydrogens is 200 g/mol. The molecule has 2 rings (SSSR count). The number of hydrogen-bond donors (Lipinski definition) is 1. The first-order valence-electron chi connectivity index (χ1n) is 5.49. The molecule has 1 aromatic heterocycles. The van der Waals surface area contributed by atoms with Gasteiger partial charge in [0, 0.05) is 25.4 Å². The fourth-order valence-electron chi connectivity index (χ4n) is 1.69. The molecule has 0 saturated carbocycles. The van der Waals surface area contributed by atoms with Crippen molar-refractivity contribution in [3.05, 3.63) is 42.1 Å². The van der Waals surface area contributed by atoms with Crippen molar-refractivity contribution in [3.8, 4) is 11.3 Å². The number of nitrogens with zero attached hydrogens (tertiary/aromatic N) is 2. The zero-order valence-corrected chi connectivity index (χ0v) is 9.43. The van der Waals surface area contributed by atoms with Crippen molar-refractivity contribution in [1.29, 1.82) is 0 Å². The first kappa shape index (κ1) is 10.9. The Balaban J connectivity index is 2.13. The molecule has 0 atom stereocenters. The number of aliphatic hydroxyl groups excluding tert-OH is 1. The molecule has 0 aliphatic carbocycles. The van der Waals surface area contributed by atoms with Crippen LogP contribution in [0.2, 0.25) is 0 Å². The molecule has 0 bridgehead atoms. The van der Waals surface area contributed by atoms with Crippen LogP contribution < -0.4 is 0 Å². The van der Waals surface area contributed by atoms with Gasteiger partial charge < -0.3 is 5.11 Å². The van der Waals surface area contributed by atoms with Crippen LogP contribution in [0.1, 0.15) is 12.0 Å². The molecule has 0 saturated heterocycles. The van der Waals surface area contributed by atoms with Crippen molar-refractivity contribution in [2.24, 2.45) is 7.05 Å². The van der Waals surface area contributed by atoms with Gasteiger partial charge in [-0.2, -0.15) is 5.10 Å². The fourth-order valence-corrected chi connectivity index (χ4v) is 1.69. The molecule has 0 aliphatic rings. The second kappa shape index (κ2) is 4.94. The van der Waals surface area contributed by atoms with Gasteiger partial charge >= 0.3 is 0 Å². The van der Waals surface area contributed by atoms with Gasteiger partial charge in [0.25, 0.3) is 0 Å². The molecule has 16 heavy (non-hydrogen) atoms. The van der Waals surface area contributed by atoms with Crippen molar-refractivity contribution in [2.45, 2.75) is 12.8 Å². The molecule has 0 unspecified atom stereocenters. The normalized spacial score (nSPS) is 10.6. The van der Waals surface area contributed by atoms with Gasteiger partial charge in [0.05, 0.1) is 5.69 Å². The number of benzene rings is 1. The minimum atomic E-state index is 0.252. The van der Waals surface area contributed by atoms with E-state index in [4.69, 9.17) is 5.11 Å². The van der Waals surface area contributed by atoms with Crippen molar-refractivity contribution < 1.29 is 5.11 Å². The Bertz CT molecular complexity index is 445. The van der Waals surface area contributed by atoms with E-state index in [2.05, 4.69) is 29.4 Å². The summed E-state index contributed by atoms with van der Waals surface area (Å²) in [5.41, 5.74) is 3.39. The highest BCUT2D eigenvalue weighted by Crippen LogP contribution is 2.17. The highest BCUT2D eigenvalue weighted by Gasteiger charge is 2.00. The van der Waals surface area contributed by atoms with E-state index in [1.165, 1.54) is 5.56 Å². The highest BCUT2D eigenvalue weighted by atomic mass is 16.2. The third-order valence-electron chi connectivity index (χ3n) is 2.59. The number of rotatable bonds is 4. The maximum atomic E-state index is 8.75. The van der Waals surface area contributed by atoms with Crippen LogP contribution >= 0.6 is 0 Å². The van der Waals surface area contributed by atoms with Crippen molar-refractivity contribution >= 4 is 0 Å². The molecule has 3 nitrogen and oxygen atoms in total. The molecule has 1 heterocycles. The topological polar surface area (TPSA) is 38.0 Å². The summed E-state index contributed by atoms with van der Waals surface area (Å²) in [5.74, 6) is 0. The number of aromatic nitrogens is 2. The minimum Gasteiger partial charge on any atom is -0.396 e. The number of aryl methyl sites for hydroxylation is 2. The van der Waals surface area contributed by atoms with Crippen molar-refractivity contribution in [3.63, 3.8) is 0 Å². The first-order chi connectivity index (χ1) is 7.79. The van der Waals surface area contributed by atoms with E-state index in [1.54, 1.807) is 4.68 Å². The summed E-state index contributed by atoms with van der Waals surface area (Å²) >= 11 is 0. The molecule has 1 aromatic carbocycles. The van der Waals surface area contributed by atoms with Crippen LogP contribution in [-0.4, -0.2) is 21.5 Å². The average Bonchev–Trinajstić information content (AvgIpc) is 2.74. The Morgan fingerprint density at radius 3 is 2.50 bits per heavy atom. The molecule has 84 valence electrons. The number of aliphatic hydroxyl groups is 1.